The van der Waals surface area contributed by atoms with E-state index in [4.69, 9.17) is 4.74 Å². The Balaban J connectivity index is 1.84. The molecule has 4 nitrogen and oxygen atoms in total. The van der Waals surface area contributed by atoms with Gasteiger partial charge in [-0.15, -0.1) is 0 Å². The maximum absolute atomic E-state index is 5.10. The molecule has 0 amide bonds. The van der Waals surface area contributed by atoms with Gasteiger partial charge in [-0.3, -0.25) is 0 Å². The summed E-state index contributed by atoms with van der Waals surface area (Å²) in [5, 5.41) is 3.37. The molecule has 0 spiro atoms. The van der Waals surface area contributed by atoms with Crippen molar-refractivity contribution >= 4 is 5.95 Å². The third-order valence-electron chi connectivity index (χ3n) is 2.67. The lowest BCUT2D eigenvalue weighted by molar-refractivity contribution is 0.164. The normalized spacial score (nSPS) is 17.7. The van der Waals surface area contributed by atoms with Crippen LogP contribution in [0.1, 0.15) is 25.8 Å². The van der Waals surface area contributed by atoms with E-state index in [9.17, 15) is 0 Å². The topological polar surface area (TPSA) is 39.1 Å². The molecule has 1 atom stereocenters. The van der Waals surface area contributed by atoms with Crippen LogP contribution in [-0.4, -0.2) is 29.8 Å². The van der Waals surface area contributed by atoms with Crippen molar-refractivity contribution in [2.24, 2.45) is 5.92 Å². The van der Waals surface area contributed by atoms with E-state index in [0.29, 0.717) is 12.0 Å². The van der Waals surface area contributed by atoms with Crippen LogP contribution in [0.25, 0.3) is 0 Å². The smallest absolute Gasteiger partial charge is 0.203 e. The molecular weight excluding hydrogens is 190 g/mol. The van der Waals surface area contributed by atoms with Crippen molar-refractivity contribution in [3.05, 3.63) is 12.4 Å². The van der Waals surface area contributed by atoms with Gasteiger partial charge in [-0.1, -0.05) is 6.92 Å². The lowest BCUT2D eigenvalue weighted by atomic mass is 10.2. The number of nitrogens with zero attached hydrogens (tertiary/aromatic N) is 2. The fraction of sp³-hybridized carbons (Fsp3) is 0.727. The van der Waals surface area contributed by atoms with Gasteiger partial charge < -0.3 is 14.6 Å². The molecule has 0 aromatic carbocycles. The van der Waals surface area contributed by atoms with E-state index in [1.54, 1.807) is 7.11 Å². The molecule has 1 aromatic rings. The number of hydrogen-bond acceptors (Lipinski definition) is 3. The first-order valence-electron chi connectivity index (χ1n) is 5.57. The summed E-state index contributed by atoms with van der Waals surface area (Å²) < 4.78 is 7.33. The second-order valence-electron chi connectivity index (χ2n) is 4.33. The molecule has 0 aliphatic heterocycles. The average Bonchev–Trinajstić information content (AvgIpc) is 2.96. The Labute approximate surface area is 90.6 Å². The number of imidazole rings is 1. The molecule has 1 heterocycles. The van der Waals surface area contributed by atoms with Crippen molar-refractivity contribution < 1.29 is 4.74 Å². The highest BCUT2D eigenvalue weighted by atomic mass is 16.5. The number of hydrogen-bond donors (Lipinski definition) is 1. The number of ether oxygens (including phenoxy) is 1. The number of methoxy groups -OCH3 is 1. The highest BCUT2D eigenvalue weighted by Crippen LogP contribution is 2.36. The van der Waals surface area contributed by atoms with Crippen LogP contribution >= 0.6 is 0 Å². The summed E-state index contributed by atoms with van der Waals surface area (Å²) in [6, 6.07) is 0.688. The minimum absolute atomic E-state index is 0.513. The summed E-state index contributed by atoms with van der Waals surface area (Å²) in [4.78, 5) is 4.32. The molecule has 15 heavy (non-hydrogen) atoms. The average molecular weight is 209 g/mol. The molecule has 4 heteroatoms. The summed E-state index contributed by atoms with van der Waals surface area (Å²) in [5.41, 5.74) is 0. The molecule has 2 rings (SSSR count). The maximum atomic E-state index is 5.10. The minimum Gasteiger partial charge on any atom is -0.384 e. The second kappa shape index (κ2) is 4.66. The predicted octanol–water partition coefficient (Wildman–Crippen LogP) is 1.91. The van der Waals surface area contributed by atoms with E-state index < -0.39 is 0 Å². The van der Waals surface area contributed by atoms with Crippen LogP contribution in [0.2, 0.25) is 0 Å². The summed E-state index contributed by atoms with van der Waals surface area (Å²) >= 11 is 0. The Morgan fingerprint density at radius 2 is 2.47 bits per heavy atom. The van der Waals surface area contributed by atoms with Crippen molar-refractivity contribution in [2.45, 2.75) is 25.8 Å². The highest BCUT2D eigenvalue weighted by molar-refractivity contribution is 5.27. The monoisotopic (exact) mass is 209 g/mol. The first-order valence-corrected chi connectivity index (χ1v) is 5.57. The van der Waals surface area contributed by atoms with Gasteiger partial charge in [0.05, 0.1) is 6.61 Å². The van der Waals surface area contributed by atoms with Crippen molar-refractivity contribution in [2.75, 3.05) is 25.6 Å². The zero-order valence-corrected chi connectivity index (χ0v) is 9.44. The van der Waals surface area contributed by atoms with Gasteiger partial charge in [-0.25, -0.2) is 4.98 Å². The van der Waals surface area contributed by atoms with E-state index in [1.807, 2.05) is 6.20 Å². The lowest BCUT2D eigenvalue weighted by Crippen LogP contribution is -2.17. The van der Waals surface area contributed by atoms with Gasteiger partial charge in [0.1, 0.15) is 0 Å². The second-order valence-corrected chi connectivity index (χ2v) is 4.33. The Bertz CT molecular complexity index is 307. The van der Waals surface area contributed by atoms with Gasteiger partial charge in [-0.05, 0) is 18.8 Å². The molecule has 84 valence electrons. The molecule has 0 radical (unpaired) electrons. The van der Waals surface area contributed by atoms with Crippen LogP contribution in [0, 0.1) is 5.92 Å². The van der Waals surface area contributed by atoms with E-state index >= 15 is 0 Å². The Morgan fingerprint density at radius 1 is 1.67 bits per heavy atom. The van der Waals surface area contributed by atoms with E-state index in [1.165, 1.54) is 12.8 Å². The van der Waals surface area contributed by atoms with Gasteiger partial charge >= 0.3 is 0 Å². The zero-order chi connectivity index (χ0) is 10.7. The van der Waals surface area contributed by atoms with E-state index in [2.05, 4.69) is 28.0 Å². The molecule has 1 aliphatic rings. The van der Waals surface area contributed by atoms with Gasteiger partial charge in [0.25, 0.3) is 0 Å². The fourth-order valence-electron chi connectivity index (χ4n) is 1.71. The van der Waals surface area contributed by atoms with E-state index in [0.717, 1.165) is 19.1 Å². The zero-order valence-electron chi connectivity index (χ0n) is 9.44. The molecule has 1 aliphatic carbocycles. The standard InChI is InChI=1S/C11H19N3O/c1-9(8-15-2)7-13-11-12-5-6-14(11)10-3-4-10/h5-6,9-10H,3-4,7-8H2,1-2H3,(H,12,13). The first-order chi connectivity index (χ1) is 7.31. The van der Waals surface area contributed by atoms with Crippen LogP contribution in [0.4, 0.5) is 5.95 Å². The number of anilines is 1. The summed E-state index contributed by atoms with van der Waals surface area (Å²) in [7, 11) is 1.74. The highest BCUT2D eigenvalue weighted by Gasteiger charge is 2.25. The first kappa shape index (κ1) is 10.5. The van der Waals surface area contributed by atoms with E-state index in [-0.39, 0.29) is 0 Å². The Kier molecular flexibility index (Phi) is 3.26. The van der Waals surface area contributed by atoms with Gasteiger partial charge in [0, 0.05) is 32.1 Å². The van der Waals surface area contributed by atoms with Gasteiger partial charge in [-0.2, -0.15) is 0 Å². The number of rotatable bonds is 6. The Hall–Kier alpha value is -1.03. The quantitative estimate of drug-likeness (QED) is 0.778. The molecule has 1 N–H and O–H groups in total. The van der Waals surface area contributed by atoms with Crippen LogP contribution in [0.3, 0.4) is 0 Å². The Morgan fingerprint density at radius 3 is 3.13 bits per heavy atom. The molecular formula is C11H19N3O. The van der Waals surface area contributed by atoms with Crippen molar-refractivity contribution in [1.29, 1.82) is 0 Å². The third kappa shape index (κ3) is 2.72. The molecule has 1 aromatic heterocycles. The lowest BCUT2D eigenvalue weighted by Gasteiger charge is -2.13. The van der Waals surface area contributed by atoms with Crippen LogP contribution in [-0.2, 0) is 4.74 Å². The van der Waals surface area contributed by atoms with Gasteiger partial charge in [0.2, 0.25) is 5.95 Å². The van der Waals surface area contributed by atoms with Crippen LogP contribution in [0.15, 0.2) is 12.4 Å². The predicted molar refractivity (Wildman–Crippen MR) is 60.0 cm³/mol. The summed E-state index contributed by atoms with van der Waals surface area (Å²) in [5.74, 6) is 1.51. The maximum Gasteiger partial charge on any atom is 0.203 e. The fourth-order valence-corrected chi connectivity index (χ4v) is 1.71. The largest absolute Gasteiger partial charge is 0.384 e. The molecule has 0 saturated heterocycles. The minimum atomic E-state index is 0.513. The third-order valence-corrected chi connectivity index (χ3v) is 2.67. The molecule has 0 bridgehead atoms. The summed E-state index contributed by atoms with van der Waals surface area (Å²) in [6.07, 6.45) is 6.50. The van der Waals surface area contributed by atoms with Crippen molar-refractivity contribution in [3.8, 4) is 0 Å². The molecule has 1 fully saturated rings. The molecule has 1 unspecified atom stereocenters. The number of nitrogens with one attached hydrogen (secondary N) is 1. The van der Waals surface area contributed by atoms with Crippen LogP contribution < -0.4 is 5.32 Å². The van der Waals surface area contributed by atoms with Crippen LogP contribution in [0.5, 0.6) is 0 Å². The van der Waals surface area contributed by atoms with Gasteiger partial charge in [0.15, 0.2) is 0 Å². The molecule has 1 saturated carbocycles. The summed E-state index contributed by atoms with van der Waals surface area (Å²) in [6.45, 7) is 3.87. The van der Waals surface area contributed by atoms with Crippen molar-refractivity contribution in [3.63, 3.8) is 0 Å². The van der Waals surface area contributed by atoms with Crippen molar-refractivity contribution in [1.82, 2.24) is 9.55 Å². The SMILES string of the molecule is COCC(C)CNc1nccn1C1CC1. The number of aromatic nitrogens is 2.